The lowest BCUT2D eigenvalue weighted by Gasteiger charge is -2.35. The molecular formula is C41H40O6. The Morgan fingerprint density at radius 1 is 0.872 bits per heavy atom. The van der Waals surface area contributed by atoms with E-state index in [0.717, 1.165) is 22.3 Å². The highest BCUT2D eigenvalue weighted by Crippen LogP contribution is 2.47. The Hall–Kier alpha value is -5.80. The molecule has 0 spiro atoms. The quantitative estimate of drug-likeness (QED) is 0.0716. The van der Waals surface area contributed by atoms with Gasteiger partial charge in [0.05, 0.1) is 0 Å². The lowest BCUT2D eigenvalue weighted by atomic mass is 9.67. The molecule has 0 heterocycles. The number of benzene rings is 3. The second-order valence-electron chi connectivity index (χ2n) is 11.9. The number of rotatable bonds is 11. The number of phenols is 4. The van der Waals surface area contributed by atoms with Crippen LogP contribution in [0.2, 0.25) is 0 Å². The van der Waals surface area contributed by atoms with Crippen LogP contribution in [0.15, 0.2) is 139 Å². The summed E-state index contributed by atoms with van der Waals surface area (Å²) in [5.74, 6) is 1.92. The predicted molar refractivity (Wildman–Crippen MR) is 188 cm³/mol. The van der Waals surface area contributed by atoms with E-state index in [1.807, 2.05) is 69.3 Å². The molecule has 0 saturated heterocycles. The molecule has 6 heteroatoms. The minimum absolute atomic E-state index is 0.0421. The van der Waals surface area contributed by atoms with Crippen LogP contribution < -0.4 is 0 Å². The van der Waals surface area contributed by atoms with E-state index < -0.39 is 10.8 Å². The second kappa shape index (κ2) is 14.1. The largest absolute Gasteiger partial charge is 0.508 e. The molecule has 240 valence electrons. The van der Waals surface area contributed by atoms with Crippen molar-refractivity contribution in [2.45, 2.75) is 38.0 Å². The van der Waals surface area contributed by atoms with Gasteiger partial charge in [0.1, 0.15) is 34.5 Å². The fourth-order valence-corrected chi connectivity index (χ4v) is 6.18. The van der Waals surface area contributed by atoms with E-state index in [0.29, 0.717) is 17.5 Å². The van der Waals surface area contributed by atoms with Gasteiger partial charge in [-0.3, -0.25) is 0 Å². The summed E-state index contributed by atoms with van der Waals surface area (Å²) in [6.45, 7) is 10.1. The van der Waals surface area contributed by atoms with Crippen LogP contribution in [0, 0.1) is 18.3 Å². The Morgan fingerprint density at radius 2 is 1.49 bits per heavy atom. The maximum atomic E-state index is 10.8. The first kappa shape index (κ1) is 34.1. The summed E-state index contributed by atoms with van der Waals surface area (Å²) >= 11 is 0. The third kappa shape index (κ3) is 7.21. The molecule has 0 saturated carbocycles. The highest BCUT2D eigenvalue weighted by atomic mass is 16.3. The van der Waals surface area contributed by atoms with Gasteiger partial charge in [0.2, 0.25) is 0 Å². The molecule has 0 radical (unpaired) electrons. The normalized spacial score (nSPS) is 17.7. The summed E-state index contributed by atoms with van der Waals surface area (Å²) in [7, 11) is 0. The van der Waals surface area contributed by atoms with Crippen molar-refractivity contribution in [2.24, 2.45) is 5.92 Å². The first-order valence-electron chi connectivity index (χ1n) is 15.1. The van der Waals surface area contributed by atoms with Gasteiger partial charge in [-0.2, -0.15) is 0 Å². The third-order valence-electron chi connectivity index (χ3n) is 8.92. The van der Waals surface area contributed by atoms with Crippen molar-refractivity contribution in [3.63, 3.8) is 0 Å². The molecule has 47 heavy (non-hydrogen) atoms. The molecule has 1 aliphatic carbocycles. The van der Waals surface area contributed by atoms with Crippen LogP contribution in [0.3, 0.4) is 0 Å². The summed E-state index contributed by atoms with van der Waals surface area (Å²) in [5.41, 5.74) is 3.00. The van der Waals surface area contributed by atoms with Gasteiger partial charge in [0.15, 0.2) is 0 Å². The van der Waals surface area contributed by atoms with Gasteiger partial charge >= 0.3 is 0 Å². The Balaban J connectivity index is 1.67. The average molecular weight is 629 g/mol. The van der Waals surface area contributed by atoms with Crippen molar-refractivity contribution < 1.29 is 30.6 Å². The van der Waals surface area contributed by atoms with Crippen LogP contribution in [0.5, 0.6) is 23.0 Å². The lowest BCUT2D eigenvalue weighted by Crippen LogP contribution is -2.31. The first-order valence-corrected chi connectivity index (χ1v) is 15.1. The fraction of sp³-hybridized carbons (Fsp3) is 0.171. The maximum Gasteiger partial charge on any atom is 0.123 e. The molecule has 3 aromatic rings. The highest BCUT2D eigenvalue weighted by molar-refractivity contribution is 5.73. The van der Waals surface area contributed by atoms with Crippen LogP contribution in [-0.4, -0.2) is 30.6 Å². The second-order valence-corrected chi connectivity index (χ2v) is 11.9. The summed E-state index contributed by atoms with van der Waals surface area (Å²) in [6.07, 6.45) is 21.2. The maximum absolute atomic E-state index is 10.8. The van der Waals surface area contributed by atoms with E-state index >= 15 is 0 Å². The number of aliphatic hydroxyl groups excluding tert-OH is 2. The summed E-state index contributed by atoms with van der Waals surface area (Å²) in [4.78, 5) is 0. The molecule has 4 rings (SSSR count). The van der Waals surface area contributed by atoms with Gasteiger partial charge in [0, 0.05) is 46.1 Å². The van der Waals surface area contributed by atoms with Crippen molar-refractivity contribution in [3.05, 3.63) is 161 Å². The van der Waals surface area contributed by atoms with Gasteiger partial charge < -0.3 is 30.6 Å². The van der Waals surface area contributed by atoms with Crippen LogP contribution in [-0.2, 0) is 10.8 Å². The van der Waals surface area contributed by atoms with Crippen molar-refractivity contribution in [1.82, 2.24) is 0 Å². The van der Waals surface area contributed by atoms with Crippen LogP contribution in [0.25, 0.3) is 5.57 Å². The standard InChI is InChI=1S/C41H40O6/c1-6-9-32(42)10-8-23-40(4,36-21-19-34(44)25-38(36)46)29(7-2)14-11-27(3)28-12-15-30(16-13-28)41(5,31-17-18-33(43)24-31)37-22-20-35(45)26-39(37)47/h1,7-22,24-26,31,42-47H,3,23H2,2,4-5H3/b10-8-,14-11-,29-7+,32-9+. The van der Waals surface area contributed by atoms with Crippen molar-refractivity contribution in [3.8, 4) is 35.3 Å². The number of phenolic OH excluding ortho intramolecular Hbond substituents is 4. The molecule has 1 aliphatic rings. The van der Waals surface area contributed by atoms with Crippen molar-refractivity contribution in [1.29, 1.82) is 0 Å². The highest BCUT2D eigenvalue weighted by Gasteiger charge is 2.39. The van der Waals surface area contributed by atoms with Gasteiger partial charge in [0.25, 0.3) is 0 Å². The zero-order chi connectivity index (χ0) is 34.4. The minimum atomic E-state index is -0.766. The predicted octanol–water partition coefficient (Wildman–Crippen LogP) is 8.94. The molecule has 3 unspecified atom stereocenters. The van der Waals surface area contributed by atoms with Gasteiger partial charge in [-0.25, -0.2) is 0 Å². The molecule has 3 aromatic carbocycles. The number of terminal acetylenes is 1. The van der Waals surface area contributed by atoms with E-state index in [2.05, 4.69) is 12.5 Å². The molecule has 0 fully saturated rings. The molecule has 3 atom stereocenters. The number of aromatic hydroxyl groups is 4. The van der Waals surface area contributed by atoms with Crippen molar-refractivity contribution >= 4 is 5.57 Å². The molecule has 0 aromatic heterocycles. The van der Waals surface area contributed by atoms with Crippen LogP contribution >= 0.6 is 0 Å². The smallest absolute Gasteiger partial charge is 0.123 e. The molecule has 0 amide bonds. The van der Waals surface area contributed by atoms with E-state index in [1.165, 1.54) is 36.4 Å². The van der Waals surface area contributed by atoms with Gasteiger partial charge in [-0.05, 0) is 66.0 Å². The topological polar surface area (TPSA) is 121 Å². The fourth-order valence-electron chi connectivity index (χ4n) is 6.18. The Morgan fingerprint density at radius 3 is 2.02 bits per heavy atom. The minimum Gasteiger partial charge on any atom is -0.508 e. The summed E-state index contributed by atoms with van der Waals surface area (Å²) < 4.78 is 0. The number of hydrogen-bond donors (Lipinski definition) is 6. The number of aliphatic hydroxyl groups is 2. The van der Waals surface area contributed by atoms with Crippen LogP contribution in [0.1, 0.15) is 49.4 Å². The third-order valence-corrected chi connectivity index (χ3v) is 8.92. The molecule has 0 aliphatic heterocycles. The molecule has 6 N–H and O–H groups in total. The summed E-state index contributed by atoms with van der Waals surface area (Å²) in [6, 6.07) is 16.9. The number of allylic oxidation sites excluding steroid dienone is 11. The van der Waals surface area contributed by atoms with Gasteiger partial charge in [-0.15, -0.1) is 6.42 Å². The van der Waals surface area contributed by atoms with E-state index in [4.69, 9.17) is 6.42 Å². The molecule has 0 bridgehead atoms. The first-order chi connectivity index (χ1) is 22.3. The Labute approximate surface area is 276 Å². The lowest BCUT2D eigenvalue weighted by molar-refractivity contribution is 0.405. The van der Waals surface area contributed by atoms with Gasteiger partial charge in [-0.1, -0.05) is 93.1 Å². The number of hydrogen-bond acceptors (Lipinski definition) is 6. The van der Waals surface area contributed by atoms with Crippen LogP contribution in [0.4, 0.5) is 0 Å². The molecule has 6 nitrogen and oxygen atoms in total. The van der Waals surface area contributed by atoms with E-state index in [9.17, 15) is 30.6 Å². The molecular weight excluding hydrogens is 588 g/mol. The SMILES string of the molecule is C#C/C=C(O)\C=C/CC(C)(C(/C=C\C(=C)c1ccc(C(C)(c2ccc(O)cc2O)C2C=CC(O)=C2)cc1)=C/C)c1ccc(O)cc1O. The van der Waals surface area contributed by atoms with E-state index in [1.54, 1.807) is 30.4 Å². The zero-order valence-electron chi connectivity index (χ0n) is 26.7. The monoisotopic (exact) mass is 628 g/mol. The van der Waals surface area contributed by atoms with E-state index in [-0.39, 0.29) is 40.4 Å². The zero-order valence-corrected chi connectivity index (χ0v) is 26.7. The summed E-state index contributed by atoms with van der Waals surface area (Å²) in [5, 5.41) is 61.7. The Kier molecular flexibility index (Phi) is 10.2. The van der Waals surface area contributed by atoms with Crippen molar-refractivity contribution in [2.75, 3.05) is 0 Å². The average Bonchev–Trinajstić information content (AvgIpc) is 3.47. The Bertz CT molecular complexity index is 1880.